The van der Waals surface area contributed by atoms with E-state index in [1.165, 1.54) is 14.0 Å². The lowest BCUT2D eigenvalue weighted by molar-refractivity contribution is -0.142. The van der Waals surface area contributed by atoms with Gasteiger partial charge in [-0.1, -0.05) is 37.6 Å². The van der Waals surface area contributed by atoms with Gasteiger partial charge in [-0.25, -0.2) is 0 Å². The van der Waals surface area contributed by atoms with Crippen molar-refractivity contribution in [3.05, 3.63) is 34.9 Å². The maximum atomic E-state index is 13.5. The summed E-state index contributed by atoms with van der Waals surface area (Å²) in [6.45, 7) is 6.99. The molecule has 1 fully saturated rings. The third kappa shape index (κ3) is 9.69. The zero-order chi connectivity index (χ0) is 26.0. The molecule has 0 aliphatic carbocycles. The third-order valence-electron chi connectivity index (χ3n) is 6.35. The van der Waals surface area contributed by atoms with E-state index in [4.69, 9.17) is 21.1 Å². The first-order chi connectivity index (χ1) is 16.6. The van der Waals surface area contributed by atoms with E-state index >= 15 is 0 Å². The van der Waals surface area contributed by atoms with E-state index in [1.807, 2.05) is 17.0 Å². The normalized spacial score (nSPS) is 25.4. The summed E-state index contributed by atoms with van der Waals surface area (Å²) in [6, 6.07) is 7.05. The van der Waals surface area contributed by atoms with Crippen LogP contribution >= 0.6 is 11.6 Å². The predicted octanol–water partition coefficient (Wildman–Crippen LogP) is 2.52. The van der Waals surface area contributed by atoms with Crippen LogP contribution < -0.4 is 0 Å². The smallest absolute Gasteiger partial charge is 0.227 e. The second-order valence-electron chi connectivity index (χ2n) is 9.71. The number of ether oxygens (including phenoxy) is 2. The largest absolute Gasteiger partial charge is 0.388 e. The van der Waals surface area contributed by atoms with Crippen LogP contribution in [0, 0.1) is 5.92 Å². The van der Waals surface area contributed by atoms with E-state index in [2.05, 4.69) is 13.8 Å². The van der Waals surface area contributed by atoms with E-state index in [9.17, 15) is 19.8 Å². The van der Waals surface area contributed by atoms with Crippen molar-refractivity contribution in [3.8, 4) is 0 Å². The molecule has 1 aromatic rings. The molecule has 35 heavy (non-hydrogen) atoms. The van der Waals surface area contributed by atoms with Gasteiger partial charge in [0, 0.05) is 51.3 Å². The van der Waals surface area contributed by atoms with Crippen LogP contribution in [0.2, 0.25) is 5.02 Å². The van der Waals surface area contributed by atoms with E-state index in [0.717, 1.165) is 18.4 Å². The molecule has 0 spiro atoms. The second-order valence-corrected chi connectivity index (χ2v) is 10.1. The first-order valence-electron chi connectivity index (χ1n) is 12.4. The van der Waals surface area contributed by atoms with Crippen molar-refractivity contribution in [1.82, 2.24) is 9.80 Å². The highest BCUT2D eigenvalue weighted by molar-refractivity contribution is 6.30. The molecule has 2 amide bonds. The first kappa shape index (κ1) is 29.5. The molecule has 9 heteroatoms. The summed E-state index contributed by atoms with van der Waals surface area (Å²) < 4.78 is 11.0. The van der Waals surface area contributed by atoms with Crippen molar-refractivity contribution in [2.45, 2.75) is 70.8 Å². The van der Waals surface area contributed by atoms with Crippen molar-refractivity contribution < 1.29 is 29.3 Å². The Bertz CT molecular complexity index is 791. The number of hydrogen-bond donors (Lipinski definition) is 2. The highest BCUT2D eigenvalue weighted by Gasteiger charge is 2.32. The average Bonchev–Trinajstić information content (AvgIpc) is 2.80. The zero-order valence-electron chi connectivity index (χ0n) is 21.4. The predicted molar refractivity (Wildman–Crippen MR) is 135 cm³/mol. The fourth-order valence-electron chi connectivity index (χ4n) is 4.40. The molecule has 0 aromatic heterocycles. The highest BCUT2D eigenvalue weighted by Crippen LogP contribution is 2.19. The van der Waals surface area contributed by atoms with Gasteiger partial charge in [0.15, 0.2) is 0 Å². The number of carbonyl (C=O) groups excluding carboxylic acids is 2. The number of benzene rings is 1. The molecular formula is C26H41ClN2O6. The summed E-state index contributed by atoms with van der Waals surface area (Å²) >= 11 is 6.00. The number of hydrogen-bond acceptors (Lipinski definition) is 6. The standard InChI is InChI=1S/C26H41ClN2O6/c1-18(2)13-22-15-28(19(3)30)16-24(34-4)26(33)23(31)17-35-12-6-5-11-29(22)25(32)14-20-7-9-21(27)10-8-20/h7-10,18,22-24,26,31,33H,5-6,11-17H2,1-4H3/t22-,23+,24+,26+/m0/s1. The van der Waals surface area contributed by atoms with Crippen LogP contribution in [0.15, 0.2) is 24.3 Å². The van der Waals surface area contributed by atoms with Gasteiger partial charge in [-0.2, -0.15) is 0 Å². The zero-order valence-corrected chi connectivity index (χ0v) is 22.1. The van der Waals surface area contributed by atoms with Crippen LogP contribution in [-0.4, -0.2) is 96.1 Å². The first-order valence-corrected chi connectivity index (χ1v) is 12.8. The average molecular weight is 513 g/mol. The molecule has 1 saturated heterocycles. The number of aliphatic hydroxyl groups is 2. The minimum Gasteiger partial charge on any atom is -0.388 e. The van der Waals surface area contributed by atoms with Crippen molar-refractivity contribution in [1.29, 1.82) is 0 Å². The molecule has 1 aromatic carbocycles. The third-order valence-corrected chi connectivity index (χ3v) is 6.61. The van der Waals surface area contributed by atoms with Gasteiger partial charge >= 0.3 is 0 Å². The van der Waals surface area contributed by atoms with Crippen LogP contribution in [0.3, 0.4) is 0 Å². The molecular weight excluding hydrogens is 472 g/mol. The van der Waals surface area contributed by atoms with E-state index in [1.54, 1.807) is 17.0 Å². The Balaban J connectivity index is 2.34. The van der Waals surface area contributed by atoms with Gasteiger partial charge in [0.2, 0.25) is 11.8 Å². The number of carbonyl (C=O) groups is 2. The number of amides is 2. The van der Waals surface area contributed by atoms with E-state index in [0.29, 0.717) is 37.1 Å². The summed E-state index contributed by atoms with van der Waals surface area (Å²) in [5.74, 6) is 0.108. The quantitative estimate of drug-likeness (QED) is 0.629. The van der Waals surface area contributed by atoms with E-state index in [-0.39, 0.29) is 37.4 Å². The monoisotopic (exact) mass is 512 g/mol. The Morgan fingerprint density at radius 1 is 1.17 bits per heavy atom. The van der Waals surface area contributed by atoms with Crippen LogP contribution in [0.1, 0.15) is 45.6 Å². The molecule has 198 valence electrons. The molecule has 8 nitrogen and oxygen atoms in total. The van der Waals surface area contributed by atoms with Gasteiger partial charge in [0.1, 0.15) is 18.3 Å². The van der Waals surface area contributed by atoms with Gasteiger partial charge in [-0.15, -0.1) is 0 Å². The Morgan fingerprint density at radius 3 is 2.46 bits per heavy atom. The second kappa shape index (κ2) is 14.8. The Kier molecular flexibility index (Phi) is 12.4. The lowest BCUT2D eigenvalue weighted by Gasteiger charge is -2.38. The molecule has 1 aliphatic rings. The summed E-state index contributed by atoms with van der Waals surface area (Å²) in [7, 11) is 1.44. The fourth-order valence-corrected chi connectivity index (χ4v) is 4.52. The summed E-state index contributed by atoms with van der Waals surface area (Å²) in [5, 5.41) is 21.6. The van der Waals surface area contributed by atoms with Crippen molar-refractivity contribution in [3.63, 3.8) is 0 Å². The van der Waals surface area contributed by atoms with Crippen LogP contribution in [0.4, 0.5) is 0 Å². The topological polar surface area (TPSA) is 99.5 Å². The lowest BCUT2D eigenvalue weighted by Crippen LogP contribution is -2.53. The number of aliphatic hydroxyl groups excluding tert-OH is 2. The maximum Gasteiger partial charge on any atom is 0.227 e. The Morgan fingerprint density at radius 2 is 1.86 bits per heavy atom. The molecule has 0 bridgehead atoms. The molecule has 1 aliphatic heterocycles. The van der Waals surface area contributed by atoms with Gasteiger partial charge in [0.05, 0.1) is 13.0 Å². The van der Waals surface area contributed by atoms with Gasteiger partial charge < -0.3 is 29.5 Å². The Hall–Kier alpha value is -1.71. The number of rotatable bonds is 5. The molecule has 0 saturated carbocycles. The molecule has 2 N–H and O–H groups in total. The number of nitrogens with zero attached hydrogens (tertiary/aromatic N) is 2. The molecule has 0 radical (unpaired) electrons. The maximum absolute atomic E-state index is 13.5. The number of halogens is 1. The van der Waals surface area contributed by atoms with Crippen LogP contribution in [-0.2, 0) is 25.5 Å². The van der Waals surface area contributed by atoms with Gasteiger partial charge in [-0.05, 0) is 42.9 Å². The van der Waals surface area contributed by atoms with Crippen LogP contribution in [0.25, 0.3) is 0 Å². The minimum absolute atomic E-state index is 0.00626. The number of methoxy groups -OCH3 is 1. The van der Waals surface area contributed by atoms with Gasteiger partial charge in [-0.3, -0.25) is 9.59 Å². The van der Waals surface area contributed by atoms with Crippen molar-refractivity contribution in [2.75, 3.05) is 40.0 Å². The molecule has 4 atom stereocenters. The lowest BCUT2D eigenvalue weighted by atomic mass is 9.99. The fraction of sp³-hybridized carbons (Fsp3) is 0.692. The van der Waals surface area contributed by atoms with E-state index < -0.39 is 18.3 Å². The summed E-state index contributed by atoms with van der Waals surface area (Å²) in [6.07, 6.45) is -0.745. The highest BCUT2D eigenvalue weighted by atomic mass is 35.5. The molecule has 1 heterocycles. The van der Waals surface area contributed by atoms with Crippen molar-refractivity contribution >= 4 is 23.4 Å². The Labute approximate surface area is 214 Å². The summed E-state index contributed by atoms with van der Waals surface area (Å²) in [5.41, 5.74) is 0.880. The molecule has 0 unspecified atom stereocenters. The SMILES string of the molecule is CO[C@@H]1CN(C(C)=O)C[C@H](CC(C)C)N(C(=O)Cc2ccc(Cl)cc2)CCCCOC[C@@H](O)[C@H]1O. The molecule has 2 rings (SSSR count). The van der Waals surface area contributed by atoms with Crippen LogP contribution in [0.5, 0.6) is 0 Å². The van der Waals surface area contributed by atoms with Gasteiger partial charge in [0.25, 0.3) is 0 Å². The minimum atomic E-state index is -1.21. The summed E-state index contributed by atoms with van der Waals surface area (Å²) in [4.78, 5) is 29.6. The van der Waals surface area contributed by atoms with Crippen molar-refractivity contribution in [2.24, 2.45) is 5.92 Å².